The van der Waals surface area contributed by atoms with Gasteiger partial charge in [0.15, 0.2) is 0 Å². The van der Waals surface area contributed by atoms with Crippen molar-refractivity contribution in [1.82, 2.24) is 10.2 Å². The van der Waals surface area contributed by atoms with Crippen molar-refractivity contribution in [3.05, 3.63) is 29.3 Å². The van der Waals surface area contributed by atoms with E-state index < -0.39 is 0 Å². The first-order chi connectivity index (χ1) is 8.85. The molecule has 1 fully saturated rings. The van der Waals surface area contributed by atoms with Crippen LogP contribution in [-0.4, -0.2) is 44.7 Å². The van der Waals surface area contributed by atoms with Crippen molar-refractivity contribution < 1.29 is 4.74 Å². The number of nitrogens with one attached hydrogen (secondary N) is 1. The van der Waals surface area contributed by atoms with Crippen molar-refractivity contribution in [2.45, 2.75) is 6.42 Å². The second kappa shape index (κ2) is 6.39. The molecule has 1 aliphatic heterocycles. The summed E-state index contributed by atoms with van der Waals surface area (Å²) in [7, 11) is 1.63. The van der Waals surface area contributed by atoms with Crippen LogP contribution in [0.4, 0.5) is 0 Å². The van der Waals surface area contributed by atoms with Gasteiger partial charge in [-0.2, -0.15) is 5.26 Å². The number of hydrogen-bond acceptors (Lipinski definition) is 4. The molecule has 2 rings (SSSR count). The summed E-state index contributed by atoms with van der Waals surface area (Å²) >= 11 is 0. The molecule has 0 aliphatic carbocycles. The quantitative estimate of drug-likeness (QED) is 0.860. The maximum atomic E-state index is 9.04. The number of methoxy groups -OCH3 is 1. The van der Waals surface area contributed by atoms with Crippen LogP contribution < -0.4 is 10.1 Å². The molecule has 18 heavy (non-hydrogen) atoms. The summed E-state index contributed by atoms with van der Waals surface area (Å²) in [6, 6.07) is 7.94. The fraction of sp³-hybridized carbons (Fsp3) is 0.500. The smallest absolute Gasteiger partial charge is 0.139 e. The number of benzene rings is 1. The topological polar surface area (TPSA) is 48.3 Å². The summed E-state index contributed by atoms with van der Waals surface area (Å²) in [5.41, 5.74) is 1.74. The summed E-state index contributed by atoms with van der Waals surface area (Å²) in [5, 5.41) is 12.4. The van der Waals surface area contributed by atoms with Gasteiger partial charge in [0.05, 0.1) is 12.7 Å². The maximum absolute atomic E-state index is 9.04. The number of nitrogens with zero attached hydrogens (tertiary/aromatic N) is 2. The van der Waals surface area contributed by atoms with Gasteiger partial charge in [-0.1, -0.05) is 12.1 Å². The predicted octanol–water partition coefficient (Wildman–Crippen LogP) is 1.01. The molecule has 0 amide bonds. The highest BCUT2D eigenvalue weighted by Crippen LogP contribution is 2.23. The molecule has 0 aromatic heterocycles. The Bertz CT molecular complexity index is 433. The highest BCUT2D eigenvalue weighted by atomic mass is 16.5. The van der Waals surface area contributed by atoms with Crippen LogP contribution in [0.25, 0.3) is 0 Å². The van der Waals surface area contributed by atoms with Gasteiger partial charge in [0, 0.05) is 32.7 Å². The summed E-state index contributed by atoms with van der Waals surface area (Å²) < 4.78 is 5.35. The number of para-hydroxylation sites is 1. The Hall–Kier alpha value is -1.57. The van der Waals surface area contributed by atoms with E-state index in [1.54, 1.807) is 13.2 Å². The summed E-state index contributed by atoms with van der Waals surface area (Å²) in [6.07, 6.45) is 0.929. The molecule has 1 aromatic rings. The van der Waals surface area contributed by atoms with Gasteiger partial charge in [-0.3, -0.25) is 0 Å². The third kappa shape index (κ3) is 3.00. The van der Waals surface area contributed by atoms with E-state index in [-0.39, 0.29) is 0 Å². The predicted molar refractivity (Wildman–Crippen MR) is 70.7 cm³/mol. The number of ether oxygens (including phenoxy) is 1. The Labute approximate surface area is 108 Å². The first kappa shape index (κ1) is 12.9. The average Bonchev–Trinajstić information content (AvgIpc) is 2.45. The largest absolute Gasteiger partial charge is 0.495 e. The van der Waals surface area contributed by atoms with Gasteiger partial charge in [-0.15, -0.1) is 0 Å². The van der Waals surface area contributed by atoms with E-state index in [1.165, 1.54) is 0 Å². The van der Waals surface area contributed by atoms with Crippen LogP contribution in [0.3, 0.4) is 0 Å². The lowest BCUT2D eigenvalue weighted by Crippen LogP contribution is -2.44. The molecule has 4 nitrogen and oxygen atoms in total. The molecular formula is C14H19N3O. The number of nitriles is 1. The number of piperazine rings is 1. The molecule has 0 atom stereocenters. The highest BCUT2D eigenvalue weighted by molar-refractivity contribution is 5.48. The molecule has 4 heteroatoms. The number of rotatable bonds is 4. The van der Waals surface area contributed by atoms with Crippen LogP contribution in [0.15, 0.2) is 18.2 Å². The molecule has 96 valence electrons. The minimum atomic E-state index is 0.621. The molecule has 0 spiro atoms. The van der Waals surface area contributed by atoms with Crippen molar-refractivity contribution in [3.8, 4) is 11.8 Å². The lowest BCUT2D eigenvalue weighted by molar-refractivity contribution is 0.243. The fourth-order valence-electron chi connectivity index (χ4n) is 2.32. The molecule has 1 heterocycles. The summed E-state index contributed by atoms with van der Waals surface area (Å²) in [4.78, 5) is 2.44. The lowest BCUT2D eigenvalue weighted by atomic mass is 10.1. The molecule has 0 radical (unpaired) electrons. The molecule has 1 aliphatic rings. The van der Waals surface area contributed by atoms with E-state index >= 15 is 0 Å². The monoisotopic (exact) mass is 245 g/mol. The molecular weight excluding hydrogens is 226 g/mol. The lowest BCUT2D eigenvalue weighted by Gasteiger charge is -2.27. The molecule has 1 N–H and O–H groups in total. The zero-order chi connectivity index (χ0) is 12.8. The summed E-state index contributed by atoms with van der Waals surface area (Å²) in [6.45, 7) is 5.35. The van der Waals surface area contributed by atoms with E-state index in [4.69, 9.17) is 10.00 Å². The van der Waals surface area contributed by atoms with Crippen LogP contribution >= 0.6 is 0 Å². The highest BCUT2D eigenvalue weighted by Gasteiger charge is 2.12. The van der Waals surface area contributed by atoms with Crippen molar-refractivity contribution >= 4 is 0 Å². The Kier molecular flexibility index (Phi) is 4.57. The molecule has 0 saturated carbocycles. The molecule has 0 unspecified atom stereocenters. The van der Waals surface area contributed by atoms with Gasteiger partial charge in [0.2, 0.25) is 0 Å². The van der Waals surface area contributed by atoms with Crippen molar-refractivity contribution in [2.24, 2.45) is 0 Å². The third-order valence-corrected chi connectivity index (χ3v) is 3.33. The maximum Gasteiger partial charge on any atom is 0.139 e. The summed E-state index contributed by atoms with van der Waals surface area (Å²) in [5.74, 6) is 0.732. The normalized spacial score (nSPS) is 16.2. The van der Waals surface area contributed by atoms with Gasteiger partial charge < -0.3 is 15.0 Å². The SMILES string of the molecule is COc1c(C#N)cccc1CCN1CCNCC1. The zero-order valence-electron chi connectivity index (χ0n) is 10.8. The third-order valence-electron chi connectivity index (χ3n) is 3.33. The van der Waals surface area contributed by atoms with Crippen LogP contribution in [0, 0.1) is 11.3 Å². The van der Waals surface area contributed by atoms with Gasteiger partial charge in [0.1, 0.15) is 11.8 Å². The molecule has 0 bridgehead atoms. The Morgan fingerprint density at radius 3 is 2.83 bits per heavy atom. The van der Waals surface area contributed by atoms with E-state index in [0.717, 1.165) is 50.5 Å². The molecule has 1 aromatic carbocycles. The van der Waals surface area contributed by atoms with Crippen LogP contribution in [0.5, 0.6) is 5.75 Å². The van der Waals surface area contributed by atoms with Crippen LogP contribution in [-0.2, 0) is 6.42 Å². The van der Waals surface area contributed by atoms with Crippen LogP contribution in [0.1, 0.15) is 11.1 Å². The minimum Gasteiger partial charge on any atom is -0.495 e. The fourth-order valence-corrected chi connectivity index (χ4v) is 2.32. The van der Waals surface area contributed by atoms with E-state index in [9.17, 15) is 0 Å². The van der Waals surface area contributed by atoms with Crippen molar-refractivity contribution in [1.29, 1.82) is 5.26 Å². The van der Waals surface area contributed by atoms with Gasteiger partial charge in [-0.05, 0) is 18.1 Å². The van der Waals surface area contributed by atoms with E-state index in [1.807, 2.05) is 12.1 Å². The standard InChI is InChI=1S/C14H19N3O/c1-18-14-12(3-2-4-13(14)11-15)5-8-17-9-6-16-7-10-17/h2-4,16H,5-10H2,1H3. The molecule has 1 saturated heterocycles. The first-order valence-electron chi connectivity index (χ1n) is 6.34. The number of hydrogen-bond donors (Lipinski definition) is 1. The van der Waals surface area contributed by atoms with Gasteiger partial charge in [-0.25, -0.2) is 0 Å². The van der Waals surface area contributed by atoms with Crippen LogP contribution in [0.2, 0.25) is 0 Å². The van der Waals surface area contributed by atoms with Crippen molar-refractivity contribution in [2.75, 3.05) is 39.8 Å². The van der Waals surface area contributed by atoms with Crippen molar-refractivity contribution in [3.63, 3.8) is 0 Å². The van der Waals surface area contributed by atoms with E-state index in [2.05, 4.69) is 16.3 Å². The first-order valence-corrected chi connectivity index (χ1v) is 6.34. The Balaban J connectivity index is 2.02. The zero-order valence-corrected chi connectivity index (χ0v) is 10.8. The van der Waals surface area contributed by atoms with Gasteiger partial charge >= 0.3 is 0 Å². The second-order valence-corrected chi connectivity index (χ2v) is 4.45. The minimum absolute atomic E-state index is 0.621. The Morgan fingerprint density at radius 1 is 1.39 bits per heavy atom. The van der Waals surface area contributed by atoms with Gasteiger partial charge in [0.25, 0.3) is 0 Å². The van der Waals surface area contributed by atoms with E-state index in [0.29, 0.717) is 5.56 Å². The average molecular weight is 245 g/mol. The second-order valence-electron chi connectivity index (χ2n) is 4.45. The Morgan fingerprint density at radius 2 is 2.17 bits per heavy atom.